The number of nitrogens with zero attached hydrogens (tertiary/aromatic N) is 2. The molecule has 2 aromatic heterocycles. The van der Waals surface area contributed by atoms with E-state index in [1.54, 1.807) is 17.5 Å². The van der Waals surface area contributed by atoms with Gasteiger partial charge in [-0.25, -0.2) is 0 Å². The number of hydrogen-bond donors (Lipinski definition) is 1. The first-order valence-electron chi connectivity index (χ1n) is 7.47. The highest BCUT2D eigenvalue weighted by molar-refractivity contribution is 7.07. The fourth-order valence-corrected chi connectivity index (χ4v) is 3.36. The highest BCUT2D eigenvalue weighted by atomic mass is 32.1. The van der Waals surface area contributed by atoms with Crippen LogP contribution in [0.2, 0.25) is 0 Å². The molecule has 0 aliphatic heterocycles. The molecule has 0 fully saturated rings. The van der Waals surface area contributed by atoms with Crippen molar-refractivity contribution in [2.45, 2.75) is 6.04 Å². The first-order chi connectivity index (χ1) is 11.2. The molecule has 1 atom stereocenters. The van der Waals surface area contributed by atoms with E-state index in [4.69, 9.17) is 0 Å². The molecule has 0 aliphatic rings. The number of carbonyl (C=O) groups is 1. The van der Waals surface area contributed by atoms with Gasteiger partial charge in [-0.1, -0.05) is 12.1 Å². The monoisotopic (exact) mass is 325 g/mol. The number of carbonyl (C=O) groups excluding carboxylic acids is 1. The summed E-state index contributed by atoms with van der Waals surface area (Å²) in [5, 5.41) is 8.12. The summed E-state index contributed by atoms with van der Waals surface area (Å²) in [7, 11) is 4.05. The molecular weight excluding hydrogens is 306 g/mol. The number of fused-ring (bicyclic) bond motifs is 1. The summed E-state index contributed by atoms with van der Waals surface area (Å²) in [4.78, 5) is 19.0. The Morgan fingerprint density at radius 1 is 1.26 bits per heavy atom. The Morgan fingerprint density at radius 2 is 2.13 bits per heavy atom. The molecule has 0 radical (unpaired) electrons. The van der Waals surface area contributed by atoms with Crippen molar-refractivity contribution in [2.24, 2.45) is 0 Å². The zero-order valence-electron chi connectivity index (χ0n) is 13.2. The Morgan fingerprint density at radius 3 is 2.87 bits per heavy atom. The lowest BCUT2D eigenvalue weighted by Crippen LogP contribution is -2.34. The smallest absolute Gasteiger partial charge is 0.252 e. The van der Waals surface area contributed by atoms with Gasteiger partial charge in [0.15, 0.2) is 0 Å². The topological polar surface area (TPSA) is 45.2 Å². The largest absolute Gasteiger partial charge is 0.350 e. The van der Waals surface area contributed by atoms with Gasteiger partial charge in [-0.15, -0.1) is 0 Å². The lowest BCUT2D eigenvalue weighted by atomic mass is 10.1. The van der Waals surface area contributed by atoms with Gasteiger partial charge in [-0.3, -0.25) is 9.78 Å². The molecule has 5 heteroatoms. The van der Waals surface area contributed by atoms with E-state index in [0.717, 1.165) is 10.9 Å². The fraction of sp³-hybridized carbons (Fsp3) is 0.222. The summed E-state index contributed by atoms with van der Waals surface area (Å²) >= 11 is 1.67. The van der Waals surface area contributed by atoms with Gasteiger partial charge in [0.2, 0.25) is 0 Å². The minimum absolute atomic E-state index is 0.0642. The molecule has 4 nitrogen and oxygen atoms in total. The second kappa shape index (κ2) is 6.89. The minimum atomic E-state index is -0.0642. The SMILES string of the molecule is CN(C)C(CNC(=O)c1cccc2ncccc12)c1ccsc1. The van der Waals surface area contributed by atoms with E-state index >= 15 is 0 Å². The van der Waals surface area contributed by atoms with E-state index in [0.29, 0.717) is 12.1 Å². The molecule has 0 spiro atoms. The molecular formula is C18H19N3OS. The van der Waals surface area contributed by atoms with Gasteiger partial charge in [0, 0.05) is 23.7 Å². The molecule has 3 aromatic rings. The zero-order chi connectivity index (χ0) is 16.2. The predicted molar refractivity (Wildman–Crippen MR) is 94.8 cm³/mol. The van der Waals surface area contributed by atoms with Crippen LogP contribution in [0.1, 0.15) is 22.0 Å². The van der Waals surface area contributed by atoms with Crippen molar-refractivity contribution in [1.29, 1.82) is 0 Å². The Kier molecular flexibility index (Phi) is 4.69. The van der Waals surface area contributed by atoms with Crippen molar-refractivity contribution in [3.63, 3.8) is 0 Å². The Bertz CT molecular complexity index is 794. The average molecular weight is 325 g/mol. The summed E-state index contributed by atoms with van der Waals surface area (Å²) in [6.45, 7) is 0.569. The van der Waals surface area contributed by atoms with E-state index in [9.17, 15) is 4.79 Å². The van der Waals surface area contributed by atoms with Gasteiger partial charge in [0.05, 0.1) is 11.6 Å². The summed E-state index contributed by atoms with van der Waals surface area (Å²) in [6.07, 6.45) is 1.74. The third-order valence-electron chi connectivity index (χ3n) is 3.90. The first kappa shape index (κ1) is 15.6. The number of thiophene rings is 1. The second-order valence-corrected chi connectivity index (χ2v) is 6.40. The number of nitrogens with one attached hydrogen (secondary N) is 1. The van der Waals surface area contributed by atoms with Gasteiger partial charge in [0.25, 0.3) is 5.91 Å². The van der Waals surface area contributed by atoms with Crippen LogP contribution in [0, 0.1) is 0 Å². The molecule has 1 N–H and O–H groups in total. The maximum absolute atomic E-state index is 12.6. The van der Waals surface area contributed by atoms with Crippen molar-refractivity contribution in [3.05, 3.63) is 64.5 Å². The number of pyridine rings is 1. The van der Waals surface area contributed by atoms with Crippen LogP contribution in [-0.4, -0.2) is 36.4 Å². The molecule has 0 saturated heterocycles. The van der Waals surface area contributed by atoms with E-state index in [2.05, 4.69) is 32.0 Å². The quantitative estimate of drug-likeness (QED) is 0.782. The number of benzene rings is 1. The average Bonchev–Trinajstić information content (AvgIpc) is 3.08. The molecule has 2 heterocycles. The lowest BCUT2D eigenvalue weighted by Gasteiger charge is -2.24. The number of hydrogen-bond acceptors (Lipinski definition) is 4. The van der Waals surface area contributed by atoms with Gasteiger partial charge >= 0.3 is 0 Å². The molecule has 1 amide bonds. The van der Waals surface area contributed by atoms with Crippen LogP contribution in [0.25, 0.3) is 10.9 Å². The zero-order valence-corrected chi connectivity index (χ0v) is 14.0. The van der Waals surface area contributed by atoms with E-state index in [1.807, 2.05) is 44.4 Å². The van der Waals surface area contributed by atoms with Gasteiger partial charge < -0.3 is 10.2 Å². The first-order valence-corrected chi connectivity index (χ1v) is 8.41. The summed E-state index contributed by atoms with van der Waals surface area (Å²) in [6, 6.07) is 11.7. The highest BCUT2D eigenvalue weighted by Gasteiger charge is 2.17. The van der Waals surface area contributed by atoms with Crippen molar-refractivity contribution in [2.75, 3.05) is 20.6 Å². The second-order valence-electron chi connectivity index (χ2n) is 5.62. The van der Waals surface area contributed by atoms with E-state index < -0.39 is 0 Å². The maximum Gasteiger partial charge on any atom is 0.252 e. The number of likely N-dealkylation sites (N-methyl/N-ethyl adjacent to an activating group) is 1. The Balaban J connectivity index is 1.78. The Hall–Kier alpha value is -2.24. The minimum Gasteiger partial charge on any atom is -0.350 e. The molecule has 0 bridgehead atoms. The fourth-order valence-electron chi connectivity index (χ4n) is 2.65. The highest BCUT2D eigenvalue weighted by Crippen LogP contribution is 2.21. The van der Waals surface area contributed by atoms with Crippen LogP contribution in [0.15, 0.2) is 53.4 Å². The lowest BCUT2D eigenvalue weighted by molar-refractivity contribution is 0.0943. The van der Waals surface area contributed by atoms with Gasteiger partial charge in [0.1, 0.15) is 0 Å². The van der Waals surface area contributed by atoms with Crippen LogP contribution < -0.4 is 5.32 Å². The standard InChI is InChI=1S/C18H19N3OS/c1-21(2)17(13-8-10-23-12-13)11-20-18(22)15-5-3-7-16-14(15)6-4-9-19-16/h3-10,12,17H,11H2,1-2H3,(H,20,22). The molecule has 3 rings (SSSR count). The summed E-state index contributed by atoms with van der Waals surface area (Å²) in [5.74, 6) is -0.0642. The normalized spacial score (nSPS) is 12.5. The molecule has 23 heavy (non-hydrogen) atoms. The third kappa shape index (κ3) is 3.41. The van der Waals surface area contributed by atoms with Crippen molar-refractivity contribution >= 4 is 28.1 Å². The molecule has 1 unspecified atom stereocenters. The van der Waals surface area contributed by atoms with Crippen LogP contribution in [0.5, 0.6) is 0 Å². The Labute approximate surface area is 139 Å². The van der Waals surface area contributed by atoms with Gasteiger partial charge in [-0.2, -0.15) is 11.3 Å². The maximum atomic E-state index is 12.6. The third-order valence-corrected chi connectivity index (χ3v) is 4.60. The number of rotatable bonds is 5. The van der Waals surface area contributed by atoms with Gasteiger partial charge in [-0.05, 0) is 54.7 Å². The van der Waals surface area contributed by atoms with Crippen LogP contribution in [0.4, 0.5) is 0 Å². The van der Waals surface area contributed by atoms with Crippen molar-refractivity contribution < 1.29 is 4.79 Å². The predicted octanol–water partition coefficient (Wildman–Crippen LogP) is 3.33. The number of aromatic nitrogens is 1. The van der Waals surface area contributed by atoms with Crippen molar-refractivity contribution in [1.82, 2.24) is 15.2 Å². The summed E-state index contributed by atoms with van der Waals surface area (Å²) < 4.78 is 0. The van der Waals surface area contributed by atoms with E-state index in [-0.39, 0.29) is 11.9 Å². The van der Waals surface area contributed by atoms with Crippen LogP contribution in [-0.2, 0) is 0 Å². The molecule has 0 saturated carbocycles. The number of amides is 1. The summed E-state index contributed by atoms with van der Waals surface area (Å²) in [5.41, 5.74) is 2.72. The van der Waals surface area contributed by atoms with E-state index in [1.165, 1.54) is 5.56 Å². The molecule has 118 valence electrons. The van der Waals surface area contributed by atoms with Crippen molar-refractivity contribution in [3.8, 4) is 0 Å². The van der Waals surface area contributed by atoms with Crippen LogP contribution in [0.3, 0.4) is 0 Å². The molecule has 0 aliphatic carbocycles. The van der Waals surface area contributed by atoms with Crippen LogP contribution >= 0.6 is 11.3 Å². The molecule has 1 aromatic carbocycles.